The maximum Gasteiger partial charge on any atom is 0.223 e. The summed E-state index contributed by atoms with van der Waals surface area (Å²) in [6.45, 7) is 3.50. The second kappa shape index (κ2) is 6.61. The highest BCUT2D eigenvalue weighted by Gasteiger charge is 2.21. The van der Waals surface area contributed by atoms with Gasteiger partial charge in [-0.25, -0.2) is 14.4 Å². The van der Waals surface area contributed by atoms with E-state index in [4.69, 9.17) is 5.26 Å². The molecule has 1 aromatic carbocycles. The second-order valence-electron chi connectivity index (χ2n) is 5.76. The van der Waals surface area contributed by atoms with Gasteiger partial charge in [0, 0.05) is 36.7 Å². The molecule has 1 atom stereocenters. The summed E-state index contributed by atoms with van der Waals surface area (Å²) in [4.78, 5) is 10.7. The Bertz CT molecular complexity index is 740. The van der Waals surface area contributed by atoms with Gasteiger partial charge in [0.15, 0.2) is 0 Å². The lowest BCUT2D eigenvalue weighted by molar-refractivity contribution is 0.526. The quantitative estimate of drug-likeness (QED) is 0.944. The van der Waals surface area contributed by atoms with E-state index >= 15 is 0 Å². The Morgan fingerprint density at radius 3 is 3.04 bits per heavy atom. The van der Waals surface area contributed by atoms with Gasteiger partial charge in [-0.3, -0.25) is 0 Å². The van der Waals surface area contributed by atoms with Gasteiger partial charge in [0.25, 0.3) is 0 Å². The number of hydrogen-bond acceptors (Lipinski definition) is 5. The number of nitrogens with zero attached hydrogens (tertiary/aromatic N) is 4. The summed E-state index contributed by atoms with van der Waals surface area (Å²) in [5.74, 6) is 0.241. The Kier molecular flexibility index (Phi) is 4.38. The highest BCUT2D eigenvalue weighted by Crippen LogP contribution is 2.23. The highest BCUT2D eigenvalue weighted by molar-refractivity contribution is 5.52. The van der Waals surface area contributed by atoms with Crippen LogP contribution in [-0.2, 0) is 0 Å². The Labute approximate surface area is 134 Å². The van der Waals surface area contributed by atoms with Gasteiger partial charge in [0.1, 0.15) is 5.82 Å². The summed E-state index contributed by atoms with van der Waals surface area (Å²) in [6.07, 6.45) is 3.73. The molecule has 0 saturated carbocycles. The van der Waals surface area contributed by atoms with E-state index in [1.807, 2.05) is 19.1 Å². The van der Waals surface area contributed by atoms with Gasteiger partial charge in [-0.2, -0.15) is 5.26 Å². The summed E-state index contributed by atoms with van der Waals surface area (Å²) in [5, 5.41) is 12.3. The number of aryl methyl sites for hydroxylation is 1. The molecular formula is C17H18FN5. The highest BCUT2D eigenvalue weighted by atomic mass is 19.1. The molecular weight excluding hydrogens is 293 g/mol. The number of nitriles is 1. The summed E-state index contributed by atoms with van der Waals surface area (Å²) in [6, 6.07) is 8.51. The maximum atomic E-state index is 13.6. The molecule has 1 aliphatic rings. The lowest BCUT2D eigenvalue weighted by Crippen LogP contribution is -2.42. The van der Waals surface area contributed by atoms with E-state index in [1.54, 1.807) is 12.3 Å². The van der Waals surface area contributed by atoms with Crippen LogP contribution >= 0.6 is 0 Å². The molecule has 2 aromatic rings. The molecule has 1 saturated heterocycles. The number of hydrogen-bond donors (Lipinski definition) is 1. The largest absolute Gasteiger partial charge is 0.369 e. The molecule has 5 nitrogen and oxygen atoms in total. The first-order valence-corrected chi connectivity index (χ1v) is 7.66. The first kappa shape index (κ1) is 15.2. The van der Waals surface area contributed by atoms with Crippen LogP contribution in [0.1, 0.15) is 24.1 Å². The molecule has 0 radical (unpaired) electrons. The van der Waals surface area contributed by atoms with Crippen molar-refractivity contribution in [1.29, 1.82) is 5.26 Å². The molecule has 0 spiro atoms. The number of halogens is 1. The van der Waals surface area contributed by atoms with Crippen molar-refractivity contribution in [1.82, 2.24) is 9.97 Å². The van der Waals surface area contributed by atoms with E-state index in [2.05, 4.69) is 20.2 Å². The molecule has 1 aromatic heterocycles. The van der Waals surface area contributed by atoms with Crippen molar-refractivity contribution in [3.8, 4) is 6.07 Å². The third-order valence-corrected chi connectivity index (χ3v) is 3.93. The minimum atomic E-state index is -0.379. The minimum Gasteiger partial charge on any atom is -0.369 e. The topological polar surface area (TPSA) is 64.8 Å². The molecule has 2 heterocycles. The zero-order chi connectivity index (χ0) is 16.2. The Hall–Kier alpha value is -2.68. The third kappa shape index (κ3) is 3.75. The number of benzene rings is 1. The number of aromatic nitrogens is 2. The van der Waals surface area contributed by atoms with Crippen LogP contribution in [0.15, 0.2) is 30.5 Å². The van der Waals surface area contributed by atoms with Crippen molar-refractivity contribution in [3.63, 3.8) is 0 Å². The SMILES string of the molecule is Cc1ccnc(NC2CCCN(c3cc(F)cc(C#N)c3)C2)n1. The van der Waals surface area contributed by atoms with Crippen molar-refractivity contribution >= 4 is 11.6 Å². The molecule has 0 bridgehead atoms. The van der Waals surface area contributed by atoms with Crippen LogP contribution in [-0.4, -0.2) is 29.1 Å². The van der Waals surface area contributed by atoms with Gasteiger partial charge in [-0.1, -0.05) is 0 Å². The fourth-order valence-corrected chi connectivity index (χ4v) is 2.85. The van der Waals surface area contributed by atoms with Crippen molar-refractivity contribution in [2.24, 2.45) is 0 Å². The zero-order valence-electron chi connectivity index (χ0n) is 13.0. The molecule has 1 fully saturated rings. The van der Waals surface area contributed by atoms with Gasteiger partial charge >= 0.3 is 0 Å². The Morgan fingerprint density at radius 1 is 1.39 bits per heavy atom. The van der Waals surface area contributed by atoms with Gasteiger partial charge in [-0.05, 0) is 44.0 Å². The molecule has 118 valence electrons. The van der Waals surface area contributed by atoms with E-state index < -0.39 is 0 Å². The third-order valence-electron chi connectivity index (χ3n) is 3.93. The van der Waals surface area contributed by atoms with E-state index in [9.17, 15) is 4.39 Å². The van der Waals surface area contributed by atoms with Crippen LogP contribution < -0.4 is 10.2 Å². The summed E-state index contributed by atoms with van der Waals surface area (Å²) < 4.78 is 13.6. The normalized spacial score (nSPS) is 17.6. The lowest BCUT2D eigenvalue weighted by atomic mass is 10.0. The average Bonchev–Trinajstić information content (AvgIpc) is 2.54. The standard InChI is InChI=1S/C17H18FN5/c1-12-4-5-20-17(21-12)22-15-3-2-6-23(11-15)16-8-13(10-19)7-14(18)9-16/h4-5,7-9,15H,2-3,6,11H2,1H3,(H,20,21,22). The predicted molar refractivity (Wildman–Crippen MR) is 86.7 cm³/mol. The van der Waals surface area contributed by atoms with Crippen LogP contribution in [0.4, 0.5) is 16.0 Å². The monoisotopic (exact) mass is 311 g/mol. The fourth-order valence-electron chi connectivity index (χ4n) is 2.85. The number of piperidine rings is 1. The van der Waals surface area contributed by atoms with Gasteiger partial charge in [-0.15, -0.1) is 0 Å². The van der Waals surface area contributed by atoms with Crippen molar-refractivity contribution in [2.75, 3.05) is 23.3 Å². The number of anilines is 2. The Morgan fingerprint density at radius 2 is 2.26 bits per heavy atom. The second-order valence-corrected chi connectivity index (χ2v) is 5.76. The van der Waals surface area contributed by atoms with Gasteiger partial charge < -0.3 is 10.2 Å². The average molecular weight is 311 g/mol. The van der Waals surface area contributed by atoms with Crippen molar-refractivity contribution in [3.05, 3.63) is 47.5 Å². The first-order valence-electron chi connectivity index (χ1n) is 7.66. The van der Waals surface area contributed by atoms with Crippen LogP contribution in [0, 0.1) is 24.1 Å². The van der Waals surface area contributed by atoms with E-state index in [-0.39, 0.29) is 11.9 Å². The number of rotatable bonds is 3. The van der Waals surface area contributed by atoms with Crippen LogP contribution in [0.3, 0.4) is 0 Å². The molecule has 0 amide bonds. The smallest absolute Gasteiger partial charge is 0.223 e. The van der Waals surface area contributed by atoms with Crippen LogP contribution in [0.25, 0.3) is 0 Å². The molecule has 6 heteroatoms. The molecule has 0 aliphatic carbocycles. The Balaban J connectivity index is 1.73. The first-order chi connectivity index (χ1) is 11.1. The van der Waals surface area contributed by atoms with E-state index in [0.717, 1.165) is 37.3 Å². The zero-order valence-corrected chi connectivity index (χ0v) is 13.0. The molecule has 1 unspecified atom stereocenters. The van der Waals surface area contributed by atoms with Crippen LogP contribution in [0.2, 0.25) is 0 Å². The molecule has 1 aliphatic heterocycles. The number of nitrogens with one attached hydrogen (secondary N) is 1. The van der Waals surface area contributed by atoms with Crippen LogP contribution in [0.5, 0.6) is 0 Å². The minimum absolute atomic E-state index is 0.194. The van der Waals surface area contributed by atoms with Crippen molar-refractivity contribution in [2.45, 2.75) is 25.8 Å². The fraction of sp³-hybridized carbons (Fsp3) is 0.353. The lowest BCUT2D eigenvalue weighted by Gasteiger charge is -2.34. The maximum absolute atomic E-state index is 13.6. The molecule has 1 N–H and O–H groups in total. The van der Waals surface area contributed by atoms with E-state index in [1.165, 1.54) is 12.1 Å². The summed E-state index contributed by atoms with van der Waals surface area (Å²) in [5.41, 5.74) is 2.01. The summed E-state index contributed by atoms with van der Waals surface area (Å²) >= 11 is 0. The van der Waals surface area contributed by atoms with Crippen molar-refractivity contribution < 1.29 is 4.39 Å². The van der Waals surface area contributed by atoms with Gasteiger partial charge in [0.2, 0.25) is 5.95 Å². The molecule has 23 heavy (non-hydrogen) atoms. The summed E-state index contributed by atoms with van der Waals surface area (Å²) in [7, 11) is 0. The predicted octanol–water partition coefficient (Wildman–Crippen LogP) is 2.88. The van der Waals surface area contributed by atoms with E-state index in [0.29, 0.717) is 11.5 Å². The molecule has 3 rings (SSSR count). The van der Waals surface area contributed by atoms with Gasteiger partial charge in [0.05, 0.1) is 11.6 Å².